The molecule has 1 N–H and O–H groups in total. The first-order valence-electron chi connectivity index (χ1n) is 7.81. The molecule has 3 rings (SSSR count). The van der Waals surface area contributed by atoms with Gasteiger partial charge in [0.25, 0.3) is 5.91 Å². The summed E-state index contributed by atoms with van der Waals surface area (Å²) in [5.74, 6) is -0.443. The maximum atomic E-state index is 12.6. The van der Waals surface area contributed by atoms with Gasteiger partial charge in [0.05, 0.1) is 16.9 Å². The second-order valence-corrected chi connectivity index (χ2v) is 7.90. The zero-order chi connectivity index (χ0) is 17.2. The summed E-state index contributed by atoms with van der Waals surface area (Å²) < 4.78 is 30.4. The molecule has 2 heterocycles. The molecule has 136 valence electrons. The molecule has 2 aromatic rings. The SMILES string of the molecule is CN(C(=O)c1occc1CS(=O)(=O)c1ccccc1)C1CCNC1.Cl. The number of halogens is 1. The number of nitrogens with zero attached hydrogens (tertiary/aromatic N) is 1. The van der Waals surface area contributed by atoms with E-state index >= 15 is 0 Å². The van der Waals surface area contributed by atoms with Crippen LogP contribution in [0.25, 0.3) is 0 Å². The summed E-state index contributed by atoms with van der Waals surface area (Å²) in [6.45, 7) is 1.61. The third-order valence-electron chi connectivity index (χ3n) is 4.29. The van der Waals surface area contributed by atoms with E-state index in [-0.39, 0.29) is 40.8 Å². The highest BCUT2D eigenvalue weighted by Gasteiger charge is 2.29. The van der Waals surface area contributed by atoms with Gasteiger partial charge in [0.1, 0.15) is 0 Å². The summed E-state index contributed by atoms with van der Waals surface area (Å²) in [5.41, 5.74) is 0.390. The van der Waals surface area contributed by atoms with Crippen molar-refractivity contribution >= 4 is 28.2 Å². The van der Waals surface area contributed by atoms with E-state index in [9.17, 15) is 13.2 Å². The first-order valence-corrected chi connectivity index (χ1v) is 9.46. The lowest BCUT2D eigenvalue weighted by atomic mass is 10.2. The normalized spacial score (nSPS) is 17.1. The lowest BCUT2D eigenvalue weighted by Gasteiger charge is -2.23. The molecule has 6 nitrogen and oxygen atoms in total. The molecule has 0 radical (unpaired) electrons. The maximum Gasteiger partial charge on any atom is 0.289 e. The Bertz CT molecular complexity index is 814. The minimum atomic E-state index is -3.53. The number of carbonyl (C=O) groups excluding carboxylic acids is 1. The molecule has 0 spiro atoms. The summed E-state index contributed by atoms with van der Waals surface area (Å²) in [6, 6.07) is 9.86. The Morgan fingerprint density at radius 2 is 2.00 bits per heavy atom. The van der Waals surface area contributed by atoms with Crippen molar-refractivity contribution in [3.8, 4) is 0 Å². The largest absolute Gasteiger partial charge is 0.459 e. The van der Waals surface area contributed by atoms with E-state index in [1.54, 1.807) is 48.3 Å². The van der Waals surface area contributed by atoms with Gasteiger partial charge in [0.15, 0.2) is 15.6 Å². The Morgan fingerprint density at radius 3 is 2.64 bits per heavy atom. The number of furan rings is 1. The number of benzene rings is 1. The number of nitrogens with one attached hydrogen (secondary N) is 1. The number of sulfone groups is 1. The van der Waals surface area contributed by atoms with Gasteiger partial charge < -0.3 is 14.6 Å². The second-order valence-electron chi connectivity index (χ2n) is 5.91. The average Bonchev–Trinajstić information content (AvgIpc) is 3.25. The summed E-state index contributed by atoms with van der Waals surface area (Å²) in [4.78, 5) is 14.5. The van der Waals surface area contributed by atoms with Crippen molar-refractivity contribution in [2.24, 2.45) is 0 Å². The minimum Gasteiger partial charge on any atom is -0.459 e. The van der Waals surface area contributed by atoms with Crippen molar-refractivity contribution < 1.29 is 17.6 Å². The van der Waals surface area contributed by atoms with Crippen LogP contribution in [0.2, 0.25) is 0 Å². The number of likely N-dealkylation sites (N-methyl/N-ethyl adjacent to an activating group) is 1. The van der Waals surface area contributed by atoms with E-state index in [0.29, 0.717) is 5.56 Å². The van der Waals surface area contributed by atoms with Gasteiger partial charge in [-0.1, -0.05) is 18.2 Å². The van der Waals surface area contributed by atoms with E-state index in [2.05, 4.69) is 5.32 Å². The molecule has 8 heteroatoms. The standard InChI is InChI=1S/C17H20N2O4S.ClH/c1-19(14-7-9-18-11-14)17(20)16-13(8-10-23-16)12-24(21,22)15-5-3-2-4-6-15;/h2-6,8,10,14,18H,7,9,11-12H2,1H3;1H. The highest BCUT2D eigenvalue weighted by Crippen LogP contribution is 2.22. The van der Waals surface area contributed by atoms with E-state index in [0.717, 1.165) is 19.5 Å². The van der Waals surface area contributed by atoms with Gasteiger partial charge in [0.2, 0.25) is 0 Å². The molecule has 0 saturated carbocycles. The number of hydrogen-bond donors (Lipinski definition) is 1. The first kappa shape index (κ1) is 19.5. The van der Waals surface area contributed by atoms with Crippen molar-refractivity contribution in [3.63, 3.8) is 0 Å². The summed E-state index contributed by atoms with van der Waals surface area (Å²) in [7, 11) is -1.81. The molecular formula is C17H21ClN2O4S. The molecule has 1 aromatic heterocycles. The van der Waals surface area contributed by atoms with Crippen LogP contribution in [0.4, 0.5) is 0 Å². The zero-order valence-electron chi connectivity index (χ0n) is 13.8. The molecule has 1 saturated heterocycles. The van der Waals surface area contributed by atoms with Crippen LogP contribution in [0.15, 0.2) is 52.0 Å². The lowest BCUT2D eigenvalue weighted by molar-refractivity contribution is 0.0710. The fraction of sp³-hybridized carbons (Fsp3) is 0.353. The Hall–Kier alpha value is -1.83. The third kappa shape index (κ3) is 4.23. The third-order valence-corrected chi connectivity index (χ3v) is 5.97. The number of hydrogen-bond acceptors (Lipinski definition) is 5. The predicted octanol–water partition coefficient (Wildman–Crippen LogP) is 2.11. The Kier molecular flexibility index (Phi) is 6.26. The smallest absolute Gasteiger partial charge is 0.289 e. The average molecular weight is 385 g/mol. The molecule has 1 atom stereocenters. The molecule has 1 aromatic carbocycles. The van der Waals surface area contributed by atoms with E-state index in [1.165, 1.54) is 6.26 Å². The van der Waals surface area contributed by atoms with Crippen LogP contribution in [0.5, 0.6) is 0 Å². The van der Waals surface area contributed by atoms with Crippen molar-refractivity contribution in [3.05, 3.63) is 54.0 Å². The number of amides is 1. The van der Waals surface area contributed by atoms with Crippen molar-refractivity contribution in [2.75, 3.05) is 20.1 Å². The quantitative estimate of drug-likeness (QED) is 0.854. The van der Waals surface area contributed by atoms with E-state index in [4.69, 9.17) is 4.42 Å². The molecule has 1 aliphatic heterocycles. The number of rotatable bonds is 5. The fourth-order valence-corrected chi connectivity index (χ4v) is 4.22. The second kappa shape index (κ2) is 8.03. The van der Waals surface area contributed by atoms with Gasteiger partial charge in [-0.3, -0.25) is 4.79 Å². The van der Waals surface area contributed by atoms with Crippen LogP contribution in [0.1, 0.15) is 22.5 Å². The van der Waals surface area contributed by atoms with Crippen LogP contribution in [0, 0.1) is 0 Å². The topological polar surface area (TPSA) is 79.6 Å². The monoisotopic (exact) mass is 384 g/mol. The highest BCUT2D eigenvalue weighted by atomic mass is 35.5. The van der Waals surface area contributed by atoms with Crippen LogP contribution in [-0.2, 0) is 15.6 Å². The molecule has 1 unspecified atom stereocenters. The van der Waals surface area contributed by atoms with Gasteiger partial charge in [-0.05, 0) is 31.2 Å². The van der Waals surface area contributed by atoms with Crippen molar-refractivity contribution in [1.29, 1.82) is 0 Å². The molecule has 1 aliphatic rings. The lowest BCUT2D eigenvalue weighted by Crippen LogP contribution is -2.38. The van der Waals surface area contributed by atoms with E-state index in [1.807, 2.05) is 0 Å². The van der Waals surface area contributed by atoms with Gasteiger partial charge in [-0.25, -0.2) is 8.42 Å². The van der Waals surface area contributed by atoms with E-state index < -0.39 is 9.84 Å². The van der Waals surface area contributed by atoms with Crippen molar-refractivity contribution in [2.45, 2.75) is 23.1 Å². The van der Waals surface area contributed by atoms with Gasteiger partial charge in [0, 0.05) is 25.2 Å². The minimum absolute atomic E-state index is 0. The molecule has 25 heavy (non-hydrogen) atoms. The van der Waals surface area contributed by atoms with Crippen LogP contribution < -0.4 is 5.32 Å². The van der Waals surface area contributed by atoms with Crippen molar-refractivity contribution in [1.82, 2.24) is 10.2 Å². The molecule has 1 fully saturated rings. The molecule has 0 aliphatic carbocycles. The van der Waals surface area contributed by atoms with Crippen LogP contribution >= 0.6 is 12.4 Å². The zero-order valence-corrected chi connectivity index (χ0v) is 15.5. The van der Waals surface area contributed by atoms with Gasteiger partial charge in [-0.2, -0.15) is 0 Å². The summed E-state index contributed by atoms with van der Waals surface area (Å²) in [6.07, 6.45) is 2.24. The molecule has 1 amide bonds. The molecule has 0 bridgehead atoms. The predicted molar refractivity (Wildman–Crippen MR) is 96.7 cm³/mol. The summed E-state index contributed by atoms with van der Waals surface area (Å²) in [5, 5.41) is 3.21. The Balaban J connectivity index is 0.00000225. The Labute approximate surface area is 153 Å². The van der Waals surface area contributed by atoms with Gasteiger partial charge in [-0.15, -0.1) is 12.4 Å². The van der Waals surface area contributed by atoms with Gasteiger partial charge >= 0.3 is 0 Å². The number of carbonyl (C=O) groups is 1. The first-order chi connectivity index (χ1) is 11.5. The van der Waals surface area contributed by atoms with Crippen LogP contribution in [0.3, 0.4) is 0 Å². The Morgan fingerprint density at radius 1 is 1.28 bits per heavy atom. The summed E-state index contributed by atoms with van der Waals surface area (Å²) >= 11 is 0. The maximum absolute atomic E-state index is 12.6. The fourth-order valence-electron chi connectivity index (χ4n) is 2.85. The highest BCUT2D eigenvalue weighted by molar-refractivity contribution is 7.90. The molecular weight excluding hydrogens is 364 g/mol. The van der Waals surface area contributed by atoms with Crippen LogP contribution in [-0.4, -0.2) is 45.4 Å².